The van der Waals surface area contributed by atoms with Crippen molar-refractivity contribution in [3.05, 3.63) is 54.3 Å². The van der Waals surface area contributed by atoms with Crippen molar-refractivity contribution in [2.45, 2.75) is 151 Å². The van der Waals surface area contributed by atoms with Crippen molar-refractivity contribution in [2.75, 3.05) is 19.8 Å². The summed E-state index contributed by atoms with van der Waals surface area (Å²) in [6.07, 6.45) is 6.43. The maximum Gasteiger partial charge on any atom is 0.229 e. The molecule has 2 aliphatic heterocycles. The Balaban J connectivity index is 1.15. The Labute approximate surface area is 322 Å². The molecule has 0 radical (unpaired) electrons. The summed E-state index contributed by atoms with van der Waals surface area (Å²) in [5.74, 6) is 0.301. The minimum Gasteiger partial charge on any atom is -0.462 e. The number of benzene rings is 1. The van der Waals surface area contributed by atoms with Crippen LogP contribution in [0.1, 0.15) is 83.1 Å². The van der Waals surface area contributed by atoms with Crippen molar-refractivity contribution in [1.29, 1.82) is 0 Å². The molecule has 310 valence electrons. The quantitative estimate of drug-likeness (QED) is 0.0571. The average molecular weight is 779 g/mol. The molecule has 15 heteroatoms. The molecular formula is C40H62N2O13. The van der Waals surface area contributed by atoms with Gasteiger partial charge in [-0.3, -0.25) is 4.79 Å². The second-order valence-corrected chi connectivity index (χ2v) is 14.5. The number of aromatic nitrogens is 1. The summed E-state index contributed by atoms with van der Waals surface area (Å²) in [6, 6.07) is 5.17. The normalized spacial score (nSPS) is 29.3. The lowest BCUT2D eigenvalue weighted by Gasteiger charge is -2.42. The van der Waals surface area contributed by atoms with E-state index in [0.29, 0.717) is 25.1 Å². The van der Waals surface area contributed by atoms with Gasteiger partial charge in [0.2, 0.25) is 12.2 Å². The van der Waals surface area contributed by atoms with E-state index in [1.165, 1.54) is 19.3 Å². The predicted octanol–water partition coefficient (Wildman–Crippen LogP) is 1.61. The number of fused-ring (bicyclic) bond motifs is 1. The number of rotatable bonds is 23. The minimum absolute atomic E-state index is 0.00379. The Bertz CT molecular complexity index is 1470. The van der Waals surface area contributed by atoms with Crippen molar-refractivity contribution in [1.82, 2.24) is 10.3 Å². The number of hydrogen-bond donors (Lipinski definition) is 10. The molecular weight excluding hydrogens is 716 g/mol. The van der Waals surface area contributed by atoms with Crippen LogP contribution in [0, 0.1) is 0 Å². The molecule has 0 saturated carbocycles. The number of carbonyl (C=O) groups is 1. The van der Waals surface area contributed by atoms with Crippen molar-refractivity contribution in [3.63, 3.8) is 0 Å². The smallest absolute Gasteiger partial charge is 0.229 e. The maximum atomic E-state index is 12.5. The van der Waals surface area contributed by atoms with Crippen LogP contribution in [0.5, 0.6) is 5.75 Å². The van der Waals surface area contributed by atoms with E-state index in [2.05, 4.69) is 34.6 Å². The first-order valence-electron chi connectivity index (χ1n) is 19.6. The van der Waals surface area contributed by atoms with E-state index in [1.807, 2.05) is 13.1 Å². The molecule has 0 aliphatic carbocycles. The lowest BCUT2D eigenvalue weighted by Crippen LogP contribution is -2.62. The Morgan fingerprint density at radius 1 is 0.836 bits per heavy atom. The standard InChI is InChI=1S/C40H62N2O13/c1-25(44)15-13-11-9-7-5-3-2-4-6-8-10-12-14-16-32(45)41-20-19-26-22-42-29-18-17-27(21-28(26)29)53-40-38(51)36(49)34(47)31(55-40)24-52-39-37(50)35(48)33(46)30(23-43)54-39/h2-3,6,8,17-18,21-22,25,30-31,33-40,42-44,46-51H,4-5,7,9-16,19-20,23-24H2,1H3,(H,41,45)/b3-2-,8-6-/t25-,30+,31+,33+,34+,35+,36-,37-,38-,39+,40+/m0/s1. The zero-order valence-corrected chi connectivity index (χ0v) is 31.7. The zero-order chi connectivity index (χ0) is 39.7. The highest BCUT2D eigenvalue weighted by Crippen LogP contribution is 2.29. The summed E-state index contributed by atoms with van der Waals surface area (Å²) < 4.78 is 22.5. The van der Waals surface area contributed by atoms with Crippen molar-refractivity contribution in [3.8, 4) is 5.75 Å². The van der Waals surface area contributed by atoms with Crippen LogP contribution in [0.4, 0.5) is 0 Å². The Morgan fingerprint density at radius 3 is 2.20 bits per heavy atom. The van der Waals surface area contributed by atoms with Crippen LogP contribution in [-0.4, -0.2) is 139 Å². The first-order chi connectivity index (χ1) is 26.5. The van der Waals surface area contributed by atoms with E-state index >= 15 is 0 Å². The zero-order valence-electron chi connectivity index (χ0n) is 31.7. The van der Waals surface area contributed by atoms with Crippen LogP contribution >= 0.6 is 0 Å². The molecule has 2 aromatic rings. The van der Waals surface area contributed by atoms with Gasteiger partial charge in [0.1, 0.15) is 54.6 Å². The van der Waals surface area contributed by atoms with Gasteiger partial charge in [-0.1, -0.05) is 43.6 Å². The number of ether oxygens (including phenoxy) is 4. The van der Waals surface area contributed by atoms with E-state index in [4.69, 9.17) is 18.9 Å². The molecule has 15 nitrogen and oxygen atoms in total. The van der Waals surface area contributed by atoms with Gasteiger partial charge in [0, 0.05) is 30.1 Å². The van der Waals surface area contributed by atoms with Gasteiger partial charge in [-0.2, -0.15) is 0 Å². The molecule has 0 bridgehead atoms. The fraction of sp³-hybridized carbons (Fsp3) is 0.675. The monoisotopic (exact) mass is 778 g/mol. The van der Waals surface area contributed by atoms with Crippen LogP contribution in [0.15, 0.2) is 48.7 Å². The average Bonchev–Trinajstić information content (AvgIpc) is 3.57. The van der Waals surface area contributed by atoms with Gasteiger partial charge in [-0.05, 0) is 82.1 Å². The Kier molecular flexibility index (Phi) is 19.0. The Morgan fingerprint density at radius 2 is 1.49 bits per heavy atom. The lowest BCUT2D eigenvalue weighted by atomic mass is 9.98. The van der Waals surface area contributed by atoms with E-state index in [9.17, 15) is 45.6 Å². The van der Waals surface area contributed by atoms with E-state index < -0.39 is 74.6 Å². The first-order valence-corrected chi connectivity index (χ1v) is 19.6. The van der Waals surface area contributed by atoms with Crippen LogP contribution in [0.25, 0.3) is 10.9 Å². The van der Waals surface area contributed by atoms with Gasteiger partial charge in [0.25, 0.3) is 0 Å². The SMILES string of the molecule is C[C@H](O)CCCCCC/C=C\C/C=C\CCCCC(=O)NCCc1c[nH]c2ccc(O[C@@H]3O[C@H](CO[C@@H]4O[C@H](CO)[C@@H](O)[C@@H](O)[C@@H]4O)[C@@H](O)[C@H](O)[C@@H]3O)cc12. The molecule has 2 fully saturated rings. The molecule has 0 spiro atoms. The number of aliphatic hydroxyl groups is 8. The largest absolute Gasteiger partial charge is 0.462 e. The van der Waals surface area contributed by atoms with Crippen LogP contribution in [0.3, 0.4) is 0 Å². The number of aromatic amines is 1. The van der Waals surface area contributed by atoms with Gasteiger partial charge in [0.05, 0.1) is 19.3 Å². The topological polar surface area (TPSA) is 244 Å². The van der Waals surface area contributed by atoms with Gasteiger partial charge < -0.3 is 70.1 Å². The lowest BCUT2D eigenvalue weighted by molar-refractivity contribution is -0.323. The third-order valence-electron chi connectivity index (χ3n) is 10.0. The molecule has 0 unspecified atom stereocenters. The number of unbranched alkanes of at least 4 members (excludes halogenated alkanes) is 6. The number of amides is 1. The van der Waals surface area contributed by atoms with Gasteiger partial charge >= 0.3 is 0 Å². The molecule has 3 heterocycles. The number of nitrogens with one attached hydrogen (secondary N) is 2. The summed E-state index contributed by atoms with van der Waals surface area (Å²) in [4.78, 5) is 15.7. The summed E-state index contributed by atoms with van der Waals surface area (Å²) in [7, 11) is 0. The molecule has 2 saturated heterocycles. The van der Waals surface area contributed by atoms with Crippen molar-refractivity contribution >= 4 is 16.8 Å². The molecule has 55 heavy (non-hydrogen) atoms. The summed E-state index contributed by atoms with van der Waals surface area (Å²) >= 11 is 0. The molecule has 11 atom stereocenters. The number of hydrogen-bond acceptors (Lipinski definition) is 13. The summed E-state index contributed by atoms with van der Waals surface area (Å²) in [5, 5.41) is 84.6. The minimum atomic E-state index is -1.68. The third kappa shape index (κ3) is 13.9. The fourth-order valence-corrected chi connectivity index (χ4v) is 6.65. The van der Waals surface area contributed by atoms with Gasteiger partial charge in [-0.15, -0.1) is 0 Å². The predicted molar refractivity (Wildman–Crippen MR) is 203 cm³/mol. The van der Waals surface area contributed by atoms with Crippen LogP contribution < -0.4 is 10.1 Å². The van der Waals surface area contributed by atoms with E-state index in [0.717, 1.165) is 61.4 Å². The second-order valence-electron chi connectivity index (χ2n) is 14.5. The number of aliphatic hydroxyl groups excluding tert-OH is 8. The highest BCUT2D eigenvalue weighted by molar-refractivity contribution is 5.84. The fourth-order valence-electron chi connectivity index (χ4n) is 6.65. The van der Waals surface area contributed by atoms with Crippen LogP contribution in [0.2, 0.25) is 0 Å². The third-order valence-corrected chi connectivity index (χ3v) is 10.0. The van der Waals surface area contributed by atoms with Gasteiger partial charge in [-0.25, -0.2) is 0 Å². The summed E-state index contributed by atoms with van der Waals surface area (Å²) in [5.41, 5.74) is 1.75. The number of allylic oxidation sites excluding steroid dienone is 4. The highest BCUT2D eigenvalue weighted by atomic mass is 16.7. The van der Waals surface area contributed by atoms with Crippen LogP contribution in [-0.2, 0) is 25.4 Å². The van der Waals surface area contributed by atoms with E-state index in [-0.39, 0.29) is 12.0 Å². The second kappa shape index (κ2) is 23.3. The summed E-state index contributed by atoms with van der Waals surface area (Å²) in [6.45, 7) is 1.16. The molecule has 1 aromatic carbocycles. The first kappa shape index (κ1) is 44.8. The highest BCUT2D eigenvalue weighted by Gasteiger charge is 2.48. The van der Waals surface area contributed by atoms with Gasteiger partial charge in [0.15, 0.2) is 6.29 Å². The number of carbonyl (C=O) groups excluding carboxylic acids is 1. The number of H-pyrrole nitrogens is 1. The molecule has 2 aliphatic rings. The van der Waals surface area contributed by atoms with Crippen molar-refractivity contribution < 1.29 is 64.6 Å². The molecule has 1 amide bonds. The molecule has 1 aromatic heterocycles. The van der Waals surface area contributed by atoms with Crippen molar-refractivity contribution in [2.24, 2.45) is 0 Å². The molecule has 4 rings (SSSR count). The maximum absolute atomic E-state index is 12.5. The molecule has 10 N–H and O–H groups in total. The van der Waals surface area contributed by atoms with E-state index in [1.54, 1.807) is 18.2 Å². The Hall–Kier alpha value is -2.93.